The van der Waals surface area contributed by atoms with Crippen molar-refractivity contribution in [3.8, 4) is 0 Å². The van der Waals surface area contributed by atoms with Gasteiger partial charge in [0.1, 0.15) is 0 Å². The molecule has 0 aromatic carbocycles. The lowest BCUT2D eigenvalue weighted by Gasteiger charge is -2.44. The zero-order valence-electron chi connectivity index (χ0n) is 14.7. The molecule has 2 fully saturated rings. The number of hydrogen-bond donors (Lipinski definition) is 1. The molecule has 0 aromatic heterocycles. The Morgan fingerprint density at radius 2 is 1.90 bits per heavy atom. The predicted molar refractivity (Wildman–Crippen MR) is 89.6 cm³/mol. The topological polar surface area (TPSA) is 24.5 Å². The van der Waals surface area contributed by atoms with Gasteiger partial charge >= 0.3 is 0 Å². The van der Waals surface area contributed by atoms with Gasteiger partial charge in [0.05, 0.1) is 0 Å². The Bertz CT molecular complexity index is 300. The molecule has 2 unspecified atom stereocenters. The first kappa shape index (κ1) is 17.2. The van der Waals surface area contributed by atoms with E-state index in [2.05, 4.69) is 37.9 Å². The summed E-state index contributed by atoms with van der Waals surface area (Å²) in [6.07, 6.45) is 3.81. The maximum Gasteiger partial charge on any atom is 0.0472 e. The van der Waals surface area contributed by atoms with Gasteiger partial charge in [0.2, 0.25) is 0 Å². The Balaban J connectivity index is 1.89. The number of nitrogens with zero attached hydrogens (tertiary/aromatic N) is 1. The fourth-order valence-corrected chi connectivity index (χ4v) is 3.79. The molecule has 2 rings (SSSR count). The van der Waals surface area contributed by atoms with Gasteiger partial charge in [0.15, 0.2) is 0 Å². The lowest BCUT2D eigenvalue weighted by atomic mass is 9.78. The molecule has 2 saturated heterocycles. The highest BCUT2D eigenvalue weighted by Gasteiger charge is 2.35. The number of likely N-dealkylation sites (tertiary alicyclic amines) is 1. The van der Waals surface area contributed by atoms with Crippen molar-refractivity contribution < 1.29 is 4.74 Å². The number of hydrogen-bond acceptors (Lipinski definition) is 3. The molecule has 2 atom stereocenters. The van der Waals surface area contributed by atoms with E-state index in [1.165, 1.54) is 38.9 Å². The van der Waals surface area contributed by atoms with Gasteiger partial charge < -0.3 is 15.0 Å². The highest BCUT2D eigenvalue weighted by Crippen LogP contribution is 2.33. The average molecular weight is 296 g/mol. The van der Waals surface area contributed by atoms with Gasteiger partial charge in [0.25, 0.3) is 0 Å². The van der Waals surface area contributed by atoms with Gasteiger partial charge in [-0.1, -0.05) is 27.7 Å². The highest BCUT2D eigenvalue weighted by atomic mass is 16.5. The van der Waals surface area contributed by atoms with Crippen molar-refractivity contribution in [2.75, 3.05) is 45.9 Å². The van der Waals surface area contributed by atoms with Crippen molar-refractivity contribution in [2.45, 2.75) is 47.0 Å². The van der Waals surface area contributed by atoms with Gasteiger partial charge in [-0.15, -0.1) is 0 Å². The van der Waals surface area contributed by atoms with E-state index < -0.39 is 0 Å². The molecular formula is C18H36N2O. The molecule has 2 aliphatic heterocycles. The molecule has 0 aliphatic carbocycles. The van der Waals surface area contributed by atoms with Gasteiger partial charge in [-0.3, -0.25) is 0 Å². The minimum absolute atomic E-state index is 0.438. The van der Waals surface area contributed by atoms with E-state index in [4.69, 9.17) is 4.74 Å². The minimum Gasteiger partial charge on any atom is -0.381 e. The Kier molecular flexibility index (Phi) is 6.51. The molecule has 0 bridgehead atoms. The van der Waals surface area contributed by atoms with Crippen LogP contribution in [-0.2, 0) is 4.74 Å². The fraction of sp³-hybridized carbons (Fsp3) is 1.00. The predicted octanol–water partition coefficient (Wildman–Crippen LogP) is 3.01. The largest absolute Gasteiger partial charge is 0.381 e. The summed E-state index contributed by atoms with van der Waals surface area (Å²) in [6, 6.07) is 0. The van der Waals surface area contributed by atoms with Gasteiger partial charge in [-0.25, -0.2) is 0 Å². The molecule has 2 aliphatic rings. The summed E-state index contributed by atoms with van der Waals surface area (Å²) >= 11 is 0. The number of ether oxygens (including phenoxy) is 1. The van der Waals surface area contributed by atoms with Crippen LogP contribution in [0.1, 0.15) is 47.0 Å². The number of piperidine rings is 1. The van der Waals surface area contributed by atoms with E-state index in [0.717, 1.165) is 44.1 Å². The molecule has 0 amide bonds. The summed E-state index contributed by atoms with van der Waals surface area (Å²) in [4.78, 5) is 2.73. The van der Waals surface area contributed by atoms with E-state index in [-0.39, 0.29) is 0 Å². The van der Waals surface area contributed by atoms with Crippen LogP contribution in [0.4, 0.5) is 0 Å². The lowest BCUT2D eigenvalue weighted by Crippen LogP contribution is -2.50. The van der Waals surface area contributed by atoms with Crippen LogP contribution in [0.15, 0.2) is 0 Å². The van der Waals surface area contributed by atoms with Crippen molar-refractivity contribution in [3.05, 3.63) is 0 Å². The molecule has 0 aromatic rings. The summed E-state index contributed by atoms with van der Waals surface area (Å²) in [7, 11) is 0. The lowest BCUT2D eigenvalue weighted by molar-refractivity contribution is -0.0143. The molecule has 2 heterocycles. The Morgan fingerprint density at radius 1 is 1.19 bits per heavy atom. The smallest absolute Gasteiger partial charge is 0.0472 e. The normalized spacial score (nSPS) is 30.7. The van der Waals surface area contributed by atoms with Crippen molar-refractivity contribution in [1.82, 2.24) is 10.2 Å². The van der Waals surface area contributed by atoms with Crippen LogP contribution in [0.25, 0.3) is 0 Å². The molecule has 3 nitrogen and oxygen atoms in total. The van der Waals surface area contributed by atoms with E-state index in [0.29, 0.717) is 5.41 Å². The van der Waals surface area contributed by atoms with Crippen molar-refractivity contribution >= 4 is 0 Å². The van der Waals surface area contributed by atoms with Crippen LogP contribution in [-0.4, -0.2) is 50.8 Å². The first-order valence-electron chi connectivity index (χ1n) is 9.01. The molecule has 0 saturated carbocycles. The summed E-state index contributed by atoms with van der Waals surface area (Å²) < 4.78 is 5.63. The molecule has 1 N–H and O–H groups in total. The second-order valence-corrected chi connectivity index (χ2v) is 8.12. The van der Waals surface area contributed by atoms with Crippen LogP contribution in [0.3, 0.4) is 0 Å². The summed E-state index contributed by atoms with van der Waals surface area (Å²) in [5.41, 5.74) is 0.438. The summed E-state index contributed by atoms with van der Waals surface area (Å²) in [6.45, 7) is 17.4. The zero-order chi connectivity index (χ0) is 15.3. The van der Waals surface area contributed by atoms with E-state index in [9.17, 15) is 0 Å². The van der Waals surface area contributed by atoms with Gasteiger partial charge in [0, 0.05) is 32.8 Å². The molecule has 21 heavy (non-hydrogen) atoms. The maximum absolute atomic E-state index is 5.63. The van der Waals surface area contributed by atoms with Crippen molar-refractivity contribution in [3.63, 3.8) is 0 Å². The average Bonchev–Trinajstić information content (AvgIpc) is 2.43. The summed E-state index contributed by atoms with van der Waals surface area (Å²) in [5, 5.41) is 3.72. The molecule has 3 heteroatoms. The van der Waals surface area contributed by atoms with Crippen LogP contribution in [0, 0.1) is 23.2 Å². The molecule has 0 spiro atoms. The highest BCUT2D eigenvalue weighted by molar-refractivity contribution is 4.89. The number of nitrogens with one attached hydrogen (secondary N) is 1. The van der Waals surface area contributed by atoms with E-state index >= 15 is 0 Å². The van der Waals surface area contributed by atoms with E-state index in [1.54, 1.807) is 0 Å². The third kappa shape index (κ3) is 5.22. The van der Waals surface area contributed by atoms with Crippen LogP contribution >= 0.6 is 0 Å². The number of rotatable bonds is 6. The van der Waals surface area contributed by atoms with Gasteiger partial charge in [-0.2, -0.15) is 0 Å². The molecule has 124 valence electrons. The summed E-state index contributed by atoms with van der Waals surface area (Å²) in [5.74, 6) is 2.47. The van der Waals surface area contributed by atoms with Gasteiger partial charge in [-0.05, 0) is 55.5 Å². The zero-order valence-corrected chi connectivity index (χ0v) is 14.7. The maximum atomic E-state index is 5.63. The second kappa shape index (κ2) is 7.94. The first-order valence-corrected chi connectivity index (χ1v) is 9.01. The van der Waals surface area contributed by atoms with Crippen molar-refractivity contribution in [2.24, 2.45) is 23.2 Å². The Hall–Kier alpha value is -0.120. The van der Waals surface area contributed by atoms with Crippen LogP contribution in [0.5, 0.6) is 0 Å². The van der Waals surface area contributed by atoms with Crippen LogP contribution < -0.4 is 5.32 Å². The van der Waals surface area contributed by atoms with Crippen molar-refractivity contribution in [1.29, 1.82) is 0 Å². The molecule has 0 radical (unpaired) electrons. The fourth-order valence-electron chi connectivity index (χ4n) is 3.79. The Labute approximate surface area is 131 Å². The standard InChI is InChI=1S/C18H36N2O/c1-15(2)11-19-13-18(6-9-21-10-7-18)14-20-8-5-16(3)17(4)12-20/h15-17,19H,5-14H2,1-4H3. The second-order valence-electron chi connectivity index (χ2n) is 8.12. The minimum atomic E-state index is 0.438. The van der Waals surface area contributed by atoms with Crippen LogP contribution in [0.2, 0.25) is 0 Å². The third-order valence-corrected chi connectivity index (χ3v) is 5.58. The third-order valence-electron chi connectivity index (χ3n) is 5.58. The van der Waals surface area contributed by atoms with E-state index in [1.807, 2.05) is 0 Å². The Morgan fingerprint density at radius 3 is 2.52 bits per heavy atom. The SMILES string of the molecule is CC(C)CNCC1(CN2CCC(C)C(C)C2)CCOCC1. The monoisotopic (exact) mass is 296 g/mol. The molecular weight excluding hydrogens is 260 g/mol. The first-order chi connectivity index (χ1) is 10.0. The quantitative estimate of drug-likeness (QED) is 0.815.